The lowest BCUT2D eigenvalue weighted by molar-refractivity contribution is -0.117. The van der Waals surface area contributed by atoms with Crippen LogP contribution in [0.1, 0.15) is 20.3 Å². The Labute approximate surface area is 61.6 Å². The van der Waals surface area contributed by atoms with Gasteiger partial charge in [0.2, 0.25) is 0 Å². The Bertz CT molecular complexity index is 123. The molecule has 1 atom stereocenters. The van der Waals surface area contributed by atoms with Crippen LogP contribution in [0.15, 0.2) is 0 Å². The number of hydrogen-bond acceptors (Lipinski definition) is 2. The summed E-state index contributed by atoms with van der Waals surface area (Å²) in [4.78, 5) is 10.6. The maximum atomic E-state index is 10.6. The summed E-state index contributed by atoms with van der Waals surface area (Å²) in [6, 6.07) is 0. The number of ether oxygens (including phenoxy) is 1. The quantitative estimate of drug-likeness (QED) is 0.542. The van der Waals surface area contributed by atoms with Crippen LogP contribution < -0.4 is 0 Å². The van der Waals surface area contributed by atoms with Gasteiger partial charge in [-0.1, -0.05) is 13.8 Å². The van der Waals surface area contributed by atoms with E-state index in [0.717, 1.165) is 25.9 Å². The molecule has 1 heterocycles. The number of aldehydes is 1. The third kappa shape index (κ3) is 1.37. The molecule has 0 aromatic carbocycles. The van der Waals surface area contributed by atoms with E-state index in [0.29, 0.717) is 5.92 Å². The SMILES string of the molecule is CC(C)(C=O)[C@H]1CCOC1. The van der Waals surface area contributed by atoms with Gasteiger partial charge >= 0.3 is 0 Å². The zero-order chi connectivity index (χ0) is 7.61. The summed E-state index contributed by atoms with van der Waals surface area (Å²) < 4.78 is 5.19. The fraction of sp³-hybridized carbons (Fsp3) is 0.875. The highest BCUT2D eigenvalue weighted by Crippen LogP contribution is 2.30. The molecule has 0 bridgehead atoms. The minimum absolute atomic E-state index is 0.184. The van der Waals surface area contributed by atoms with Crippen LogP contribution >= 0.6 is 0 Å². The van der Waals surface area contributed by atoms with Crippen molar-refractivity contribution in [3.63, 3.8) is 0 Å². The molecule has 0 aliphatic carbocycles. The third-order valence-electron chi connectivity index (χ3n) is 2.29. The summed E-state index contributed by atoms with van der Waals surface area (Å²) in [5.41, 5.74) is -0.184. The molecule has 0 unspecified atom stereocenters. The maximum absolute atomic E-state index is 10.6. The Balaban J connectivity index is 2.53. The number of carbonyl (C=O) groups excluding carboxylic acids is 1. The predicted molar refractivity (Wildman–Crippen MR) is 38.8 cm³/mol. The highest BCUT2D eigenvalue weighted by atomic mass is 16.5. The molecule has 0 saturated carbocycles. The van der Waals surface area contributed by atoms with Crippen LogP contribution in [0.5, 0.6) is 0 Å². The standard InChI is InChI=1S/C8H14O2/c1-8(2,6-9)7-3-4-10-5-7/h6-7H,3-5H2,1-2H3/t7-/m0/s1. The van der Waals surface area contributed by atoms with Crippen LogP contribution in [0.25, 0.3) is 0 Å². The van der Waals surface area contributed by atoms with E-state index in [1.807, 2.05) is 13.8 Å². The fourth-order valence-corrected chi connectivity index (χ4v) is 1.22. The van der Waals surface area contributed by atoms with Gasteiger partial charge in [0.1, 0.15) is 6.29 Å². The van der Waals surface area contributed by atoms with Crippen LogP contribution in [-0.2, 0) is 9.53 Å². The van der Waals surface area contributed by atoms with Gasteiger partial charge in [0.15, 0.2) is 0 Å². The largest absolute Gasteiger partial charge is 0.381 e. The van der Waals surface area contributed by atoms with Gasteiger partial charge in [0.25, 0.3) is 0 Å². The normalized spacial score (nSPS) is 26.8. The first kappa shape index (κ1) is 7.73. The van der Waals surface area contributed by atoms with E-state index in [1.54, 1.807) is 0 Å². The zero-order valence-corrected chi connectivity index (χ0v) is 6.59. The van der Waals surface area contributed by atoms with Crippen molar-refractivity contribution in [1.29, 1.82) is 0 Å². The Morgan fingerprint density at radius 2 is 2.30 bits per heavy atom. The third-order valence-corrected chi connectivity index (χ3v) is 2.29. The molecule has 0 radical (unpaired) electrons. The van der Waals surface area contributed by atoms with Gasteiger partial charge in [0.05, 0.1) is 6.61 Å². The first-order valence-corrected chi connectivity index (χ1v) is 3.71. The van der Waals surface area contributed by atoms with Gasteiger partial charge < -0.3 is 9.53 Å². The second-order valence-corrected chi connectivity index (χ2v) is 3.50. The van der Waals surface area contributed by atoms with E-state index in [4.69, 9.17) is 4.74 Å². The average Bonchev–Trinajstić information content (AvgIpc) is 2.38. The molecule has 0 aromatic heterocycles. The van der Waals surface area contributed by atoms with Crippen LogP contribution in [0, 0.1) is 11.3 Å². The summed E-state index contributed by atoms with van der Waals surface area (Å²) in [6.45, 7) is 5.52. The van der Waals surface area contributed by atoms with E-state index in [9.17, 15) is 4.79 Å². The van der Waals surface area contributed by atoms with Gasteiger partial charge in [-0.25, -0.2) is 0 Å². The highest BCUT2D eigenvalue weighted by molar-refractivity contribution is 5.58. The van der Waals surface area contributed by atoms with Crippen molar-refractivity contribution in [3.8, 4) is 0 Å². The van der Waals surface area contributed by atoms with Crippen molar-refractivity contribution in [2.24, 2.45) is 11.3 Å². The van der Waals surface area contributed by atoms with Crippen LogP contribution in [-0.4, -0.2) is 19.5 Å². The minimum atomic E-state index is -0.184. The molecule has 1 rings (SSSR count). The van der Waals surface area contributed by atoms with E-state index in [1.165, 1.54) is 0 Å². The van der Waals surface area contributed by atoms with Gasteiger partial charge in [-0.2, -0.15) is 0 Å². The molecule has 2 nitrogen and oxygen atoms in total. The molecular weight excluding hydrogens is 128 g/mol. The zero-order valence-electron chi connectivity index (χ0n) is 6.59. The van der Waals surface area contributed by atoms with Crippen molar-refractivity contribution in [2.45, 2.75) is 20.3 Å². The summed E-state index contributed by atoms with van der Waals surface area (Å²) in [7, 11) is 0. The average molecular weight is 142 g/mol. The van der Waals surface area contributed by atoms with Crippen molar-refractivity contribution in [2.75, 3.05) is 13.2 Å². The van der Waals surface area contributed by atoms with Crippen molar-refractivity contribution < 1.29 is 9.53 Å². The minimum Gasteiger partial charge on any atom is -0.381 e. The van der Waals surface area contributed by atoms with Crippen LogP contribution in [0.2, 0.25) is 0 Å². The molecule has 0 spiro atoms. The van der Waals surface area contributed by atoms with E-state index in [-0.39, 0.29) is 5.41 Å². The Kier molecular flexibility index (Phi) is 2.09. The number of hydrogen-bond donors (Lipinski definition) is 0. The molecule has 0 N–H and O–H groups in total. The second-order valence-electron chi connectivity index (χ2n) is 3.50. The lowest BCUT2D eigenvalue weighted by atomic mass is 9.80. The predicted octanol–water partition coefficient (Wildman–Crippen LogP) is 1.25. The summed E-state index contributed by atoms with van der Waals surface area (Å²) in [5, 5.41) is 0. The lowest BCUT2D eigenvalue weighted by Crippen LogP contribution is -2.25. The van der Waals surface area contributed by atoms with Crippen LogP contribution in [0.3, 0.4) is 0 Å². The second kappa shape index (κ2) is 2.70. The maximum Gasteiger partial charge on any atom is 0.125 e. The monoisotopic (exact) mass is 142 g/mol. The first-order chi connectivity index (χ1) is 4.67. The molecule has 1 saturated heterocycles. The van der Waals surface area contributed by atoms with Gasteiger partial charge in [-0.15, -0.1) is 0 Å². The molecule has 0 amide bonds. The molecule has 1 aliphatic heterocycles. The van der Waals surface area contributed by atoms with Crippen molar-refractivity contribution in [1.82, 2.24) is 0 Å². The molecule has 10 heavy (non-hydrogen) atoms. The van der Waals surface area contributed by atoms with Gasteiger partial charge in [-0.3, -0.25) is 0 Å². The van der Waals surface area contributed by atoms with E-state index in [2.05, 4.69) is 0 Å². The van der Waals surface area contributed by atoms with Crippen molar-refractivity contribution in [3.05, 3.63) is 0 Å². The molecule has 58 valence electrons. The Morgan fingerprint density at radius 1 is 1.60 bits per heavy atom. The van der Waals surface area contributed by atoms with E-state index < -0.39 is 0 Å². The topological polar surface area (TPSA) is 26.3 Å². The first-order valence-electron chi connectivity index (χ1n) is 3.71. The van der Waals surface area contributed by atoms with Gasteiger partial charge in [-0.05, 0) is 12.3 Å². The molecule has 1 fully saturated rings. The number of carbonyl (C=O) groups is 1. The summed E-state index contributed by atoms with van der Waals surface area (Å²) in [5.74, 6) is 0.435. The van der Waals surface area contributed by atoms with Crippen molar-refractivity contribution >= 4 is 6.29 Å². The fourth-order valence-electron chi connectivity index (χ4n) is 1.22. The summed E-state index contributed by atoms with van der Waals surface area (Å²) in [6.07, 6.45) is 2.07. The molecular formula is C8H14O2. The smallest absolute Gasteiger partial charge is 0.125 e. The summed E-state index contributed by atoms with van der Waals surface area (Å²) >= 11 is 0. The Hall–Kier alpha value is -0.370. The lowest BCUT2D eigenvalue weighted by Gasteiger charge is -2.22. The number of rotatable bonds is 2. The molecule has 1 aliphatic rings. The van der Waals surface area contributed by atoms with Gasteiger partial charge in [0, 0.05) is 12.0 Å². The highest BCUT2D eigenvalue weighted by Gasteiger charge is 2.31. The molecule has 2 heteroatoms. The van der Waals surface area contributed by atoms with Crippen LogP contribution in [0.4, 0.5) is 0 Å². The molecule has 0 aromatic rings. The van der Waals surface area contributed by atoms with E-state index >= 15 is 0 Å². The Morgan fingerprint density at radius 3 is 2.70 bits per heavy atom.